The van der Waals surface area contributed by atoms with E-state index in [1.807, 2.05) is 32.0 Å². The zero-order chi connectivity index (χ0) is 29.1. The highest BCUT2D eigenvalue weighted by Gasteiger charge is 2.34. The summed E-state index contributed by atoms with van der Waals surface area (Å²) in [6.07, 6.45) is 1.90. The first-order valence-corrected chi connectivity index (χ1v) is 15.3. The third-order valence-electron chi connectivity index (χ3n) is 7.67. The molecular weight excluding hydrogens is 542 g/mol. The number of nitrogens with one attached hydrogen (secondary N) is 1. The van der Waals surface area contributed by atoms with E-state index in [-0.39, 0.29) is 23.3 Å². The van der Waals surface area contributed by atoms with E-state index in [2.05, 4.69) is 5.32 Å². The van der Waals surface area contributed by atoms with E-state index < -0.39 is 15.9 Å². The minimum absolute atomic E-state index is 0.105. The number of piperidine rings is 1. The highest BCUT2D eigenvalue weighted by Crippen LogP contribution is 2.33. The van der Waals surface area contributed by atoms with Gasteiger partial charge in [0, 0.05) is 36.6 Å². The zero-order valence-electron chi connectivity index (χ0n) is 23.6. The molecule has 216 valence electrons. The molecule has 1 saturated heterocycles. The Morgan fingerprint density at radius 1 is 1.02 bits per heavy atom. The maximum Gasteiger partial charge on any atom is 0.258 e. The molecule has 41 heavy (non-hydrogen) atoms. The molecule has 5 rings (SSSR count). The number of rotatable bonds is 8. The van der Waals surface area contributed by atoms with Crippen LogP contribution in [0, 0.1) is 12.8 Å². The summed E-state index contributed by atoms with van der Waals surface area (Å²) in [6, 6.07) is 17.4. The van der Waals surface area contributed by atoms with Gasteiger partial charge in [-0.05, 0) is 98.8 Å². The van der Waals surface area contributed by atoms with Crippen LogP contribution in [0.5, 0.6) is 11.5 Å². The first-order valence-electron chi connectivity index (χ1n) is 13.8. The molecule has 3 aromatic rings. The summed E-state index contributed by atoms with van der Waals surface area (Å²) in [5.41, 5.74) is 3.67. The number of hydrogen-bond donors (Lipinski definition) is 1. The summed E-state index contributed by atoms with van der Waals surface area (Å²) in [5, 5.41) is 2.97. The molecule has 1 fully saturated rings. The molecule has 1 N–H and O–H groups in total. The average molecular weight is 578 g/mol. The molecule has 0 aliphatic carbocycles. The Balaban J connectivity index is 1.28. The summed E-state index contributed by atoms with van der Waals surface area (Å²) in [6.45, 7) is 5.21. The van der Waals surface area contributed by atoms with Gasteiger partial charge in [0.2, 0.25) is 15.9 Å². The molecule has 10 heteroatoms. The minimum atomic E-state index is -3.77. The number of carbonyl (C=O) groups is 2. The van der Waals surface area contributed by atoms with Crippen LogP contribution < -0.4 is 19.7 Å². The number of benzene rings is 3. The maximum atomic E-state index is 13.4. The van der Waals surface area contributed by atoms with Gasteiger partial charge in [0.05, 0.1) is 24.5 Å². The molecule has 0 radical (unpaired) electrons. The predicted octanol–water partition coefficient (Wildman–Crippen LogP) is 4.64. The van der Waals surface area contributed by atoms with E-state index in [0.29, 0.717) is 55.3 Å². The lowest BCUT2D eigenvalue weighted by Crippen LogP contribution is -2.43. The van der Waals surface area contributed by atoms with Crippen molar-refractivity contribution in [2.75, 3.05) is 43.6 Å². The normalized spacial score (nSPS) is 17.1. The smallest absolute Gasteiger partial charge is 0.258 e. The number of ether oxygens (including phenoxy) is 2. The van der Waals surface area contributed by atoms with E-state index in [1.54, 1.807) is 54.5 Å². The highest BCUT2D eigenvalue weighted by atomic mass is 32.2. The Hall–Kier alpha value is -3.89. The highest BCUT2D eigenvalue weighted by molar-refractivity contribution is 7.89. The first-order chi connectivity index (χ1) is 19.7. The van der Waals surface area contributed by atoms with Crippen molar-refractivity contribution in [1.29, 1.82) is 0 Å². The number of nitrogens with zero attached hydrogens (tertiary/aromatic N) is 2. The SMILES string of the molecule is CCOc1ccc(S(=O)(=O)N2CCCC(C(=O)Nc3ccc4c(c3)N(C(=O)c3ccc(OC)cc3)CC4)C2)cc1C. The van der Waals surface area contributed by atoms with Gasteiger partial charge < -0.3 is 19.7 Å². The Kier molecular flexibility index (Phi) is 8.32. The van der Waals surface area contributed by atoms with Crippen molar-refractivity contribution < 1.29 is 27.5 Å². The Morgan fingerprint density at radius 3 is 2.51 bits per heavy atom. The molecular formula is C31H35N3O6S. The van der Waals surface area contributed by atoms with Crippen molar-refractivity contribution in [3.63, 3.8) is 0 Å². The van der Waals surface area contributed by atoms with Crippen LogP contribution in [0.1, 0.15) is 41.3 Å². The number of fused-ring (bicyclic) bond motifs is 1. The van der Waals surface area contributed by atoms with Gasteiger partial charge in [-0.2, -0.15) is 4.31 Å². The molecule has 0 aromatic heterocycles. The van der Waals surface area contributed by atoms with Crippen LogP contribution in [0.4, 0.5) is 11.4 Å². The number of aryl methyl sites for hydroxylation is 1. The molecule has 0 bridgehead atoms. The van der Waals surface area contributed by atoms with Crippen LogP contribution in [-0.4, -0.2) is 57.9 Å². The van der Waals surface area contributed by atoms with Crippen LogP contribution in [0.3, 0.4) is 0 Å². The third kappa shape index (κ3) is 5.94. The van der Waals surface area contributed by atoms with E-state index in [9.17, 15) is 18.0 Å². The molecule has 2 aliphatic rings. The van der Waals surface area contributed by atoms with Gasteiger partial charge in [0.15, 0.2) is 0 Å². The molecule has 0 saturated carbocycles. The lowest BCUT2D eigenvalue weighted by Gasteiger charge is -2.31. The molecule has 9 nitrogen and oxygen atoms in total. The standard InChI is InChI=1S/C31H35N3O6S/c1-4-40-29-14-13-27(18-21(29)2)41(37,38)33-16-5-6-24(20-33)30(35)32-25-10-7-22-15-17-34(28(22)19-25)31(36)23-8-11-26(39-3)12-9-23/h7-14,18-19,24H,4-6,15-17,20H2,1-3H3,(H,32,35). The number of hydrogen-bond acceptors (Lipinski definition) is 6. The second-order valence-electron chi connectivity index (χ2n) is 10.3. The Morgan fingerprint density at radius 2 is 1.80 bits per heavy atom. The Labute approximate surface area is 241 Å². The van der Waals surface area contributed by atoms with Crippen molar-refractivity contribution in [2.24, 2.45) is 5.92 Å². The first kappa shape index (κ1) is 28.6. The van der Waals surface area contributed by atoms with Crippen molar-refractivity contribution in [1.82, 2.24) is 4.31 Å². The molecule has 2 heterocycles. The van der Waals surface area contributed by atoms with E-state index in [4.69, 9.17) is 9.47 Å². The minimum Gasteiger partial charge on any atom is -0.497 e. The van der Waals surface area contributed by atoms with Crippen LogP contribution in [0.25, 0.3) is 0 Å². The van der Waals surface area contributed by atoms with Gasteiger partial charge in [-0.3, -0.25) is 9.59 Å². The lowest BCUT2D eigenvalue weighted by atomic mass is 9.98. The molecule has 1 unspecified atom stereocenters. The third-order valence-corrected chi connectivity index (χ3v) is 9.53. The van der Waals surface area contributed by atoms with E-state index in [0.717, 1.165) is 23.2 Å². The largest absolute Gasteiger partial charge is 0.497 e. The summed E-state index contributed by atoms with van der Waals surface area (Å²) in [4.78, 5) is 28.5. The maximum absolute atomic E-state index is 13.4. The second-order valence-corrected chi connectivity index (χ2v) is 12.3. The lowest BCUT2D eigenvalue weighted by molar-refractivity contribution is -0.120. The molecule has 2 aliphatic heterocycles. The topological polar surface area (TPSA) is 105 Å². The predicted molar refractivity (Wildman–Crippen MR) is 157 cm³/mol. The average Bonchev–Trinajstić information content (AvgIpc) is 3.41. The number of sulfonamides is 1. The fraction of sp³-hybridized carbons (Fsp3) is 0.355. The quantitative estimate of drug-likeness (QED) is 0.418. The van der Waals surface area contributed by atoms with Crippen LogP contribution in [0.2, 0.25) is 0 Å². The Bertz CT molecular complexity index is 1550. The monoisotopic (exact) mass is 577 g/mol. The fourth-order valence-corrected chi connectivity index (χ4v) is 7.03. The molecule has 3 aromatic carbocycles. The van der Waals surface area contributed by atoms with Gasteiger partial charge in [0.1, 0.15) is 11.5 Å². The van der Waals surface area contributed by atoms with Gasteiger partial charge in [-0.25, -0.2) is 8.42 Å². The van der Waals surface area contributed by atoms with Gasteiger partial charge in [-0.1, -0.05) is 6.07 Å². The van der Waals surface area contributed by atoms with Crippen LogP contribution in [0.15, 0.2) is 65.6 Å². The van der Waals surface area contributed by atoms with Gasteiger partial charge in [-0.15, -0.1) is 0 Å². The number of methoxy groups -OCH3 is 1. The van der Waals surface area contributed by atoms with Gasteiger partial charge >= 0.3 is 0 Å². The number of carbonyl (C=O) groups excluding carboxylic acids is 2. The fourth-order valence-electron chi connectivity index (χ4n) is 5.43. The van der Waals surface area contributed by atoms with Crippen molar-refractivity contribution in [3.8, 4) is 11.5 Å². The summed E-state index contributed by atoms with van der Waals surface area (Å²) < 4.78 is 39.0. The van der Waals surface area contributed by atoms with E-state index in [1.165, 1.54) is 4.31 Å². The summed E-state index contributed by atoms with van der Waals surface area (Å²) >= 11 is 0. The van der Waals surface area contributed by atoms with E-state index >= 15 is 0 Å². The summed E-state index contributed by atoms with van der Waals surface area (Å²) in [5.74, 6) is 0.483. The second kappa shape index (κ2) is 11.9. The van der Waals surface area contributed by atoms with Crippen molar-refractivity contribution in [2.45, 2.75) is 38.0 Å². The molecule has 0 spiro atoms. The van der Waals surface area contributed by atoms with Crippen LogP contribution >= 0.6 is 0 Å². The van der Waals surface area contributed by atoms with Crippen LogP contribution in [-0.2, 0) is 21.2 Å². The summed E-state index contributed by atoms with van der Waals surface area (Å²) in [7, 11) is -2.19. The van der Waals surface area contributed by atoms with Crippen molar-refractivity contribution >= 4 is 33.2 Å². The number of amides is 2. The molecule has 2 amide bonds. The van der Waals surface area contributed by atoms with Crippen molar-refractivity contribution in [3.05, 3.63) is 77.4 Å². The van der Waals surface area contributed by atoms with Gasteiger partial charge in [0.25, 0.3) is 5.91 Å². The zero-order valence-corrected chi connectivity index (χ0v) is 24.4. The molecule has 1 atom stereocenters. The number of anilines is 2.